The zero-order valence-corrected chi connectivity index (χ0v) is 22.9. The maximum absolute atomic E-state index is 11.2. The summed E-state index contributed by atoms with van der Waals surface area (Å²) in [5.74, 6) is 0.399. The average molecular weight is 526 g/mol. The first-order chi connectivity index (χ1) is 18.0. The van der Waals surface area contributed by atoms with Gasteiger partial charge in [-0.05, 0) is 67.4 Å². The van der Waals surface area contributed by atoms with Gasteiger partial charge in [-0.2, -0.15) is 0 Å². The topological polar surface area (TPSA) is 79.0 Å². The lowest BCUT2D eigenvalue weighted by molar-refractivity contribution is 0.1000. The first-order valence-corrected chi connectivity index (χ1v) is 13.3. The van der Waals surface area contributed by atoms with Gasteiger partial charge >= 0.3 is 0 Å². The van der Waals surface area contributed by atoms with Crippen LogP contribution in [-0.2, 0) is 6.42 Å². The molecule has 4 rings (SSSR count). The van der Waals surface area contributed by atoms with Gasteiger partial charge in [0.1, 0.15) is 12.4 Å². The molecule has 1 heterocycles. The molecule has 3 aromatic carbocycles. The van der Waals surface area contributed by atoms with Crippen molar-refractivity contribution >= 4 is 23.2 Å². The smallest absolute Gasteiger partial charge is 0.248 e. The van der Waals surface area contributed by atoms with Crippen molar-refractivity contribution in [2.24, 2.45) is 5.73 Å². The second-order valence-corrected chi connectivity index (χ2v) is 8.95. The molecule has 0 aliphatic carbocycles. The number of aliphatic hydroxyl groups is 1. The number of benzene rings is 3. The van der Waals surface area contributed by atoms with Crippen LogP contribution in [-0.4, -0.2) is 61.3 Å². The van der Waals surface area contributed by atoms with E-state index in [1.807, 2.05) is 68.4 Å². The van der Waals surface area contributed by atoms with Crippen molar-refractivity contribution in [3.05, 3.63) is 95.0 Å². The van der Waals surface area contributed by atoms with E-state index >= 15 is 0 Å². The number of carbonyl (C=O) groups is 1. The Bertz CT molecular complexity index is 1030. The minimum Gasteiger partial charge on any atom is -0.491 e. The van der Waals surface area contributed by atoms with Crippen LogP contribution < -0.4 is 15.4 Å². The number of ether oxygens (including phenoxy) is 1. The number of anilines is 1. The summed E-state index contributed by atoms with van der Waals surface area (Å²) in [7, 11) is 0. The summed E-state index contributed by atoms with van der Waals surface area (Å²) in [5, 5.41) is 9.63. The van der Waals surface area contributed by atoms with Crippen molar-refractivity contribution in [3.63, 3.8) is 0 Å². The van der Waals surface area contributed by atoms with Crippen LogP contribution in [0.15, 0.2) is 78.9 Å². The minimum absolute atomic E-state index is 0.0238. The fraction of sp³-hybridized carbons (Fsp3) is 0.367. The first kappa shape index (κ1) is 30.2. The molecule has 0 saturated carbocycles. The molecule has 0 aromatic heterocycles. The van der Waals surface area contributed by atoms with Gasteiger partial charge in [-0.15, -0.1) is 0 Å². The van der Waals surface area contributed by atoms with E-state index in [2.05, 4.69) is 28.9 Å². The summed E-state index contributed by atoms with van der Waals surface area (Å²) < 4.78 is 5.43. The molecular formula is C30H40ClN3O3. The molecule has 0 bridgehead atoms. The Morgan fingerprint density at radius 3 is 2.16 bits per heavy atom. The summed E-state index contributed by atoms with van der Waals surface area (Å²) in [4.78, 5) is 16.1. The number of carbonyl (C=O) groups excluding carboxylic acids is 1. The predicted molar refractivity (Wildman–Crippen MR) is 154 cm³/mol. The molecule has 1 atom stereocenters. The Morgan fingerprint density at radius 2 is 1.65 bits per heavy atom. The number of amides is 1. The van der Waals surface area contributed by atoms with E-state index < -0.39 is 0 Å². The molecule has 1 amide bonds. The van der Waals surface area contributed by atoms with Crippen molar-refractivity contribution in [2.75, 3.05) is 44.3 Å². The first-order valence-electron chi connectivity index (χ1n) is 12.9. The van der Waals surface area contributed by atoms with Crippen LogP contribution in [0.25, 0.3) is 0 Å². The Hall–Kier alpha value is -3.06. The monoisotopic (exact) mass is 525 g/mol. The lowest BCUT2D eigenvalue weighted by Crippen LogP contribution is -2.52. The quantitative estimate of drug-likeness (QED) is 0.418. The van der Waals surface area contributed by atoms with Gasteiger partial charge in [-0.1, -0.05) is 55.8 Å². The van der Waals surface area contributed by atoms with E-state index in [-0.39, 0.29) is 12.5 Å². The summed E-state index contributed by atoms with van der Waals surface area (Å²) >= 11 is 5.54. The number of aliphatic hydroxyl groups excluding tert-OH is 1. The van der Waals surface area contributed by atoms with Gasteiger partial charge in [-0.3, -0.25) is 9.69 Å². The molecule has 0 spiro atoms. The molecule has 6 nitrogen and oxygen atoms in total. The van der Waals surface area contributed by atoms with Crippen LogP contribution in [0.1, 0.15) is 36.7 Å². The number of nitrogens with two attached hydrogens (primary N) is 1. The van der Waals surface area contributed by atoms with E-state index in [1.165, 1.54) is 11.3 Å². The van der Waals surface area contributed by atoms with E-state index in [4.69, 9.17) is 27.2 Å². The number of piperazine rings is 1. The van der Waals surface area contributed by atoms with Crippen molar-refractivity contribution in [1.29, 1.82) is 0 Å². The van der Waals surface area contributed by atoms with Gasteiger partial charge in [0.15, 0.2) is 0 Å². The van der Waals surface area contributed by atoms with Crippen molar-refractivity contribution < 1.29 is 14.6 Å². The highest BCUT2D eigenvalue weighted by Gasteiger charge is 2.23. The molecule has 1 aliphatic heterocycles. The number of rotatable bonds is 8. The van der Waals surface area contributed by atoms with Gasteiger partial charge < -0.3 is 20.5 Å². The fourth-order valence-corrected chi connectivity index (χ4v) is 4.20. The Labute approximate surface area is 226 Å². The molecule has 1 saturated heterocycles. The lowest BCUT2D eigenvalue weighted by atomic mass is 10.1. The third-order valence-corrected chi connectivity index (χ3v) is 6.18. The summed E-state index contributed by atoms with van der Waals surface area (Å²) in [6.45, 7) is 10.6. The highest BCUT2D eigenvalue weighted by atomic mass is 35.5. The van der Waals surface area contributed by atoms with Gasteiger partial charge in [0.25, 0.3) is 0 Å². The van der Waals surface area contributed by atoms with Gasteiger partial charge in [0.05, 0.1) is 6.61 Å². The molecule has 3 aromatic rings. The maximum Gasteiger partial charge on any atom is 0.248 e. The Balaban J connectivity index is 0.000000455. The highest BCUT2D eigenvalue weighted by Crippen LogP contribution is 2.23. The second-order valence-electron chi connectivity index (χ2n) is 8.52. The zero-order chi connectivity index (χ0) is 27.0. The molecule has 7 heteroatoms. The molecule has 0 radical (unpaired) electrons. The largest absolute Gasteiger partial charge is 0.491 e. The van der Waals surface area contributed by atoms with Crippen molar-refractivity contribution in [3.8, 4) is 5.75 Å². The Kier molecular flexibility index (Phi) is 13.6. The minimum atomic E-state index is -0.385. The van der Waals surface area contributed by atoms with Gasteiger partial charge in [0.2, 0.25) is 5.91 Å². The molecule has 1 aliphatic rings. The summed E-state index contributed by atoms with van der Waals surface area (Å²) in [6, 6.07) is 25.5. The molecule has 3 N–H and O–H groups in total. The summed E-state index contributed by atoms with van der Waals surface area (Å²) in [6.07, 6.45) is 0.961. The third kappa shape index (κ3) is 10.4. The van der Waals surface area contributed by atoms with E-state index in [1.54, 1.807) is 12.1 Å². The second kappa shape index (κ2) is 16.6. The van der Waals surface area contributed by atoms with Gasteiger partial charge in [-0.25, -0.2) is 0 Å². The standard InChI is InChI=1S/C22H29N3O3.C6H5Cl.C2H6/c1-17-16-24(11-10-18-2-4-19(5-3-18)22(23)27)12-13-25(17)20-6-8-21(9-7-20)28-15-14-26;7-6-4-2-1-3-5-6;1-2/h2-9,17,26H,10-16H2,1H3,(H2,23,27);1-5H;1-2H3. The van der Waals surface area contributed by atoms with Crippen molar-refractivity contribution in [2.45, 2.75) is 33.2 Å². The molecule has 1 unspecified atom stereocenters. The van der Waals surface area contributed by atoms with Crippen LogP contribution in [0.4, 0.5) is 5.69 Å². The van der Waals surface area contributed by atoms with Crippen LogP contribution in [0.5, 0.6) is 5.75 Å². The predicted octanol–water partition coefficient (Wildman–Crippen LogP) is 5.28. The summed E-state index contributed by atoms with van der Waals surface area (Å²) in [5.41, 5.74) is 8.27. The molecule has 1 fully saturated rings. The van der Waals surface area contributed by atoms with Crippen LogP contribution >= 0.6 is 11.6 Å². The van der Waals surface area contributed by atoms with Gasteiger partial charge in [0, 0.05) is 48.5 Å². The zero-order valence-electron chi connectivity index (χ0n) is 22.1. The van der Waals surface area contributed by atoms with E-state index in [0.29, 0.717) is 18.2 Å². The van der Waals surface area contributed by atoms with E-state index in [9.17, 15) is 4.79 Å². The highest BCUT2D eigenvalue weighted by molar-refractivity contribution is 6.30. The normalized spacial score (nSPS) is 15.1. The maximum atomic E-state index is 11.2. The average Bonchev–Trinajstić information content (AvgIpc) is 2.93. The number of primary amides is 1. The third-order valence-electron chi connectivity index (χ3n) is 5.93. The lowest BCUT2D eigenvalue weighted by Gasteiger charge is -2.41. The number of nitrogens with zero attached hydrogens (tertiary/aromatic N) is 2. The molecular weight excluding hydrogens is 486 g/mol. The number of hydrogen-bond acceptors (Lipinski definition) is 5. The Morgan fingerprint density at radius 1 is 1.00 bits per heavy atom. The van der Waals surface area contributed by atoms with E-state index in [0.717, 1.165) is 43.4 Å². The number of halogens is 1. The number of hydrogen-bond donors (Lipinski definition) is 2. The molecule has 37 heavy (non-hydrogen) atoms. The fourth-order valence-electron chi connectivity index (χ4n) is 4.05. The van der Waals surface area contributed by atoms with Crippen LogP contribution in [0.3, 0.4) is 0 Å². The van der Waals surface area contributed by atoms with Crippen LogP contribution in [0.2, 0.25) is 5.02 Å². The van der Waals surface area contributed by atoms with Crippen LogP contribution in [0, 0.1) is 0 Å². The molecule has 200 valence electrons. The van der Waals surface area contributed by atoms with Crippen molar-refractivity contribution in [1.82, 2.24) is 4.90 Å². The SMILES string of the molecule is CC.CC1CN(CCc2ccc(C(N)=O)cc2)CCN1c1ccc(OCCO)cc1.Clc1ccccc1.